The number of carbonyl (C=O) groups excluding carboxylic acids is 2. The van der Waals surface area contributed by atoms with Crippen molar-refractivity contribution in [3.05, 3.63) is 46.6 Å². The molecule has 1 aliphatic rings. The van der Waals surface area contributed by atoms with Gasteiger partial charge in [0.25, 0.3) is 5.91 Å². The van der Waals surface area contributed by atoms with Crippen LogP contribution in [0, 0.1) is 5.92 Å². The van der Waals surface area contributed by atoms with E-state index in [1.54, 1.807) is 23.2 Å². The summed E-state index contributed by atoms with van der Waals surface area (Å²) in [5.41, 5.74) is 0.117. The Labute approximate surface area is 182 Å². The minimum absolute atomic E-state index is 0.117. The molecule has 0 saturated carbocycles. The highest BCUT2D eigenvalue weighted by atomic mass is 79.9. The fourth-order valence-electron chi connectivity index (χ4n) is 3.22. The second-order valence-corrected chi connectivity index (χ2v) is 9.30. The molecule has 0 atom stereocenters. The Morgan fingerprint density at radius 3 is 2.50 bits per heavy atom. The Balaban J connectivity index is 1.66. The molecule has 2 amide bonds. The SMILES string of the molecule is COc1ccc(S(N)(=O)=O)cc1C(=O)N1CCC(C(=O)Nc2ccc(Br)cn2)CC1. The minimum atomic E-state index is -3.96. The van der Waals surface area contributed by atoms with Crippen molar-refractivity contribution in [3.8, 4) is 5.75 Å². The summed E-state index contributed by atoms with van der Waals surface area (Å²) in [5, 5.41) is 7.96. The Morgan fingerprint density at radius 2 is 1.93 bits per heavy atom. The van der Waals surface area contributed by atoms with Crippen LogP contribution in [0.5, 0.6) is 5.75 Å². The number of primary sulfonamides is 1. The largest absolute Gasteiger partial charge is 0.496 e. The number of nitrogens with zero attached hydrogens (tertiary/aromatic N) is 2. The lowest BCUT2D eigenvalue weighted by molar-refractivity contribution is -0.121. The monoisotopic (exact) mass is 496 g/mol. The number of pyridine rings is 1. The van der Waals surface area contributed by atoms with Crippen LogP contribution in [0.3, 0.4) is 0 Å². The Kier molecular flexibility index (Phi) is 6.74. The molecule has 9 nitrogen and oxygen atoms in total. The Morgan fingerprint density at radius 1 is 1.23 bits per heavy atom. The highest BCUT2D eigenvalue weighted by Crippen LogP contribution is 2.26. The zero-order valence-electron chi connectivity index (χ0n) is 16.2. The number of sulfonamides is 1. The number of amides is 2. The predicted molar refractivity (Wildman–Crippen MR) is 114 cm³/mol. The van der Waals surface area contributed by atoms with Crippen LogP contribution in [0.2, 0.25) is 0 Å². The first-order valence-corrected chi connectivity index (χ1v) is 11.5. The van der Waals surface area contributed by atoms with Gasteiger partial charge in [-0.1, -0.05) is 0 Å². The predicted octanol–water partition coefficient (Wildman–Crippen LogP) is 1.99. The van der Waals surface area contributed by atoms with Crippen molar-refractivity contribution in [2.75, 3.05) is 25.5 Å². The quantitative estimate of drug-likeness (QED) is 0.650. The number of ether oxygens (including phenoxy) is 1. The average molecular weight is 497 g/mol. The Hall–Kier alpha value is -2.50. The zero-order valence-corrected chi connectivity index (χ0v) is 18.6. The number of nitrogens with one attached hydrogen (secondary N) is 1. The maximum absolute atomic E-state index is 13.0. The van der Waals surface area contributed by atoms with Gasteiger partial charge in [-0.05, 0) is 59.1 Å². The standard InChI is InChI=1S/C19H21BrN4O5S/c1-29-16-4-3-14(30(21,27)28)10-15(16)19(26)24-8-6-12(7-9-24)18(25)23-17-5-2-13(20)11-22-17/h2-5,10-12H,6-9H2,1H3,(H2,21,27,28)(H,22,23,25). The normalized spacial score (nSPS) is 15.0. The lowest BCUT2D eigenvalue weighted by Gasteiger charge is -2.31. The third-order valence-corrected chi connectivity index (χ3v) is 6.24. The number of anilines is 1. The van der Waals surface area contributed by atoms with Gasteiger partial charge in [-0.15, -0.1) is 0 Å². The van der Waals surface area contributed by atoms with Gasteiger partial charge in [0.2, 0.25) is 15.9 Å². The van der Waals surface area contributed by atoms with Crippen LogP contribution in [0.25, 0.3) is 0 Å². The van der Waals surface area contributed by atoms with Crippen molar-refractivity contribution in [1.29, 1.82) is 0 Å². The summed E-state index contributed by atoms with van der Waals surface area (Å²) in [5.74, 6) is -0.0477. The number of aromatic nitrogens is 1. The van der Waals surface area contributed by atoms with Crippen LogP contribution in [0.15, 0.2) is 45.9 Å². The zero-order chi connectivity index (χ0) is 21.9. The van der Waals surface area contributed by atoms with E-state index in [1.807, 2.05) is 0 Å². The first-order valence-electron chi connectivity index (χ1n) is 9.11. The highest BCUT2D eigenvalue weighted by molar-refractivity contribution is 9.10. The molecule has 1 saturated heterocycles. The maximum atomic E-state index is 13.0. The number of methoxy groups -OCH3 is 1. The molecule has 0 aliphatic carbocycles. The first kappa shape index (κ1) is 22.2. The molecule has 1 aromatic carbocycles. The van der Waals surface area contributed by atoms with E-state index in [-0.39, 0.29) is 33.9 Å². The van der Waals surface area contributed by atoms with Gasteiger partial charge in [-0.25, -0.2) is 18.5 Å². The number of rotatable bonds is 5. The van der Waals surface area contributed by atoms with E-state index in [2.05, 4.69) is 26.2 Å². The molecular formula is C19H21BrN4O5S. The molecule has 160 valence electrons. The Bertz CT molecular complexity index is 1050. The van der Waals surface area contributed by atoms with Gasteiger partial charge < -0.3 is 15.0 Å². The summed E-state index contributed by atoms with van der Waals surface area (Å²) in [6.07, 6.45) is 2.55. The van der Waals surface area contributed by atoms with Gasteiger partial charge in [-0.2, -0.15) is 0 Å². The number of hydrogen-bond donors (Lipinski definition) is 2. The smallest absolute Gasteiger partial charge is 0.257 e. The molecule has 2 aromatic rings. The molecule has 11 heteroatoms. The third kappa shape index (κ3) is 5.15. The second-order valence-electron chi connectivity index (χ2n) is 6.82. The molecule has 30 heavy (non-hydrogen) atoms. The van der Waals surface area contributed by atoms with Crippen LogP contribution in [0.4, 0.5) is 5.82 Å². The molecule has 3 rings (SSSR count). The third-order valence-electron chi connectivity index (χ3n) is 4.86. The molecule has 0 spiro atoms. The summed E-state index contributed by atoms with van der Waals surface area (Å²) in [4.78, 5) is 31.0. The van der Waals surface area contributed by atoms with E-state index >= 15 is 0 Å². The number of hydrogen-bond acceptors (Lipinski definition) is 6. The molecule has 1 aliphatic heterocycles. The molecule has 0 radical (unpaired) electrons. The van der Waals surface area contributed by atoms with Crippen molar-refractivity contribution in [1.82, 2.24) is 9.88 Å². The summed E-state index contributed by atoms with van der Waals surface area (Å²) >= 11 is 3.29. The van der Waals surface area contributed by atoms with Crippen LogP contribution in [-0.4, -0.2) is 50.3 Å². The van der Waals surface area contributed by atoms with Gasteiger partial charge in [0, 0.05) is 29.7 Å². The second kappa shape index (κ2) is 9.11. The van der Waals surface area contributed by atoms with Gasteiger partial charge >= 0.3 is 0 Å². The molecule has 3 N–H and O–H groups in total. The molecular weight excluding hydrogens is 476 g/mol. The molecule has 1 fully saturated rings. The number of nitrogens with two attached hydrogens (primary N) is 1. The summed E-state index contributed by atoms with van der Waals surface area (Å²) in [7, 11) is -2.56. The van der Waals surface area contributed by atoms with Crippen LogP contribution in [-0.2, 0) is 14.8 Å². The topological polar surface area (TPSA) is 132 Å². The van der Waals surface area contributed by atoms with Crippen molar-refractivity contribution in [3.63, 3.8) is 0 Å². The van der Waals surface area contributed by atoms with Crippen LogP contribution >= 0.6 is 15.9 Å². The van der Waals surface area contributed by atoms with Crippen LogP contribution < -0.4 is 15.2 Å². The van der Waals surface area contributed by atoms with E-state index < -0.39 is 10.0 Å². The number of benzene rings is 1. The first-order chi connectivity index (χ1) is 14.2. The molecule has 1 aromatic heterocycles. The molecule has 0 bridgehead atoms. The summed E-state index contributed by atoms with van der Waals surface area (Å²) < 4.78 is 29.3. The van der Waals surface area contributed by atoms with E-state index in [9.17, 15) is 18.0 Å². The van der Waals surface area contributed by atoms with E-state index in [0.717, 1.165) is 4.47 Å². The summed E-state index contributed by atoms with van der Waals surface area (Å²) in [6.45, 7) is 0.709. The lowest BCUT2D eigenvalue weighted by Crippen LogP contribution is -2.41. The highest BCUT2D eigenvalue weighted by Gasteiger charge is 2.29. The van der Waals surface area contributed by atoms with Crippen LogP contribution in [0.1, 0.15) is 23.2 Å². The van der Waals surface area contributed by atoms with E-state index in [4.69, 9.17) is 9.88 Å². The average Bonchev–Trinajstić information content (AvgIpc) is 2.73. The van der Waals surface area contributed by atoms with Gasteiger partial charge in [0.15, 0.2) is 0 Å². The number of likely N-dealkylation sites (tertiary alicyclic amines) is 1. The molecule has 2 heterocycles. The van der Waals surface area contributed by atoms with Crippen molar-refractivity contribution < 1.29 is 22.7 Å². The summed E-state index contributed by atoms with van der Waals surface area (Å²) in [6, 6.07) is 7.39. The van der Waals surface area contributed by atoms with E-state index in [0.29, 0.717) is 31.7 Å². The number of piperidine rings is 1. The van der Waals surface area contributed by atoms with Crippen molar-refractivity contribution in [2.45, 2.75) is 17.7 Å². The maximum Gasteiger partial charge on any atom is 0.257 e. The van der Waals surface area contributed by atoms with Gasteiger partial charge in [0.05, 0.1) is 17.6 Å². The van der Waals surface area contributed by atoms with Gasteiger partial charge in [0.1, 0.15) is 11.6 Å². The lowest BCUT2D eigenvalue weighted by atomic mass is 9.95. The fraction of sp³-hybridized carbons (Fsp3) is 0.316. The van der Waals surface area contributed by atoms with Crippen molar-refractivity contribution >= 4 is 43.6 Å². The fourth-order valence-corrected chi connectivity index (χ4v) is 4.00. The number of halogens is 1. The van der Waals surface area contributed by atoms with Crippen molar-refractivity contribution in [2.24, 2.45) is 11.1 Å². The molecule has 0 unspecified atom stereocenters. The van der Waals surface area contributed by atoms with Gasteiger partial charge in [-0.3, -0.25) is 9.59 Å². The van der Waals surface area contributed by atoms with E-state index in [1.165, 1.54) is 25.3 Å². The minimum Gasteiger partial charge on any atom is -0.496 e. The number of carbonyl (C=O) groups is 2.